The Hall–Kier alpha value is -1.51. The molecule has 3 nitrogen and oxygen atoms in total. The maximum Gasteiger partial charge on any atom is 0.410 e. The number of carbonyl (C=O) groups excluding carboxylic acids is 1. The minimum Gasteiger partial charge on any atom is -0.441 e. The third-order valence-electron chi connectivity index (χ3n) is 4.55. The fourth-order valence-electron chi connectivity index (χ4n) is 3.46. The summed E-state index contributed by atoms with van der Waals surface area (Å²) >= 11 is 0. The lowest BCUT2D eigenvalue weighted by Crippen LogP contribution is -2.43. The summed E-state index contributed by atoms with van der Waals surface area (Å²) in [6.07, 6.45) is 1.67. The number of amides is 1. The minimum atomic E-state index is -0.197. The molecule has 1 aromatic carbocycles. The largest absolute Gasteiger partial charge is 0.441 e. The second-order valence-corrected chi connectivity index (χ2v) is 7.08. The highest BCUT2D eigenvalue weighted by atomic mass is 16.6. The van der Waals surface area contributed by atoms with Crippen molar-refractivity contribution >= 4 is 6.09 Å². The van der Waals surface area contributed by atoms with Crippen molar-refractivity contribution in [3.8, 4) is 0 Å². The van der Waals surface area contributed by atoms with Crippen LogP contribution in [0.4, 0.5) is 4.79 Å². The van der Waals surface area contributed by atoms with E-state index in [2.05, 4.69) is 32.0 Å². The van der Waals surface area contributed by atoms with Crippen LogP contribution in [0.3, 0.4) is 0 Å². The number of nitrogens with zero attached hydrogens (tertiary/aromatic N) is 1. The van der Waals surface area contributed by atoms with E-state index in [0.717, 1.165) is 12.8 Å². The molecule has 2 atom stereocenters. The zero-order chi connectivity index (χ0) is 16.4. The van der Waals surface area contributed by atoms with Crippen LogP contribution in [-0.4, -0.2) is 23.1 Å². The number of ether oxygens (including phenoxy) is 1. The summed E-state index contributed by atoms with van der Waals surface area (Å²) in [6.45, 7) is 12.5. The van der Waals surface area contributed by atoms with Crippen LogP contribution in [0.25, 0.3) is 0 Å². The Bertz CT molecular complexity index is 528. The molecule has 0 saturated heterocycles. The van der Waals surface area contributed by atoms with Gasteiger partial charge in [0.1, 0.15) is 6.10 Å². The SMILES string of the molecule is Cc1ccc2c(c1)[C@H](OC(=O)N(C(C)C)C(C)C)CC[C@@H]2C. The van der Waals surface area contributed by atoms with Crippen molar-refractivity contribution < 1.29 is 9.53 Å². The number of carbonyl (C=O) groups is 1. The van der Waals surface area contributed by atoms with Gasteiger partial charge in [-0.25, -0.2) is 4.79 Å². The molecule has 0 aromatic heterocycles. The fourth-order valence-corrected chi connectivity index (χ4v) is 3.46. The molecule has 2 rings (SSSR count). The Labute approximate surface area is 134 Å². The first kappa shape index (κ1) is 16.9. The van der Waals surface area contributed by atoms with Crippen molar-refractivity contribution in [1.29, 1.82) is 0 Å². The zero-order valence-electron chi connectivity index (χ0n) is 14.7. The number of rotatable bonds is 3. The van der Waals surface area contributed by atoms with Crippen LogP contribution in [0, 0.1) is 6.92 Å². The molecule has 0 bridgehead atoms. The van der Waals surface area contributed by atoms with E-state index in [1.165, 1.54) is 16.7 Å². The van der Waals surface area contributed by atoms with Gasteiger partial charge in [0.05, 0.1) is 0 Å². The lowest BCUT2D eigenvalue weighted by Gasteiger charge is -2.34. The van der Waals surface area contributed by atoms with E-state index in [9.17, 15) is 4.79 Å². The summed E-state index contributed by atoms with van der Waals surface area (Å²) in [4.78, 5) is 14.4. The molecule has 1 amide bonds. The van der Waals surface area contributed by atoms with Gasteiger partial charge >= 0.3 is 6.09 Å². The van der Waals surface area contributed by atoms with Gasteiger partial charge in [-0.1, -0.05) is 30.7 Å². The van der Waals surface area contributed by atoms with E-state index in [1.54, 1.807) is 0 Å². The summed E-state index contributed by atoms with van der Waals surface area (Å²) in [5.74, 6) is 0.539. The Morgan fingerprint density at radius 3 is 2.36 bits per heavy atom. The molecule has 1 aliphatic carbocycles. The molecule has 22 heavy (non-hydrogen) atoms. The van der Waals surface area contributed by atoms with E-state index >= 15 is 0 Å². The molecule has 1 aliphatic rings. The number of hydrogen-bond donors (Lipinski definition) is 0. The molecule has 0 fully saturated rings. The minimum absolute atomic E-state index is 0.112. The molecule has 0 unspecified atom stereocenters. The van der Waals surface area contributed by atoms with Gasteiger partial charge < -0.3 is 9.64 Å². The lowest BCUT2D eigenvalue weighted by atomic mass is 9.81. The van der Waals surface area contributed by atoms with Gasteiger partial charge in [-0.15, -0.1) is 0 Å². The molecule has 0 heterocycles. The van der Waals surface area contributed by atoms with Crippen LogP contribution in [-0.2, 0) is 4.74 Å². The van der Waals surface area contributed by atoms with E-state index < -0.39 is 0 Å². The predicted octanol–water partition coefficient (Wildman–Crippen LogP) is 5.19. The topological polar surface area (TPSA) is 29.5 Å². The van der Waals surface area contributed by atoms with Crippen LogP contribution < -0.4 is 0 Å². The van der Waals surface area contributed by atoms with Crippen LogP contribution in [0.2, 0.25) is 0 Å². The molecule has 122 valence electrons. The van der Waals surface area contributed by atoms with E-state index in [4.69, 9.17) is 4.74 Å². The zero-order valence-corrected chi connectivity index (χ0v) is 14.7. The fraction of sp³-hybridized carbons (Fsp3) is 0.632. The molecule has 0 aliphatic heterocycles. The average molecular weight is 303 g/mol. The number of benzene rings is 1. The lowest BCUT2D eigenvalue weighted by molar-refractivity contribution is 0.0371. The summed E-state index contributed by atoms with van der Waals surface area (Å²) in [5.41, 5.74) is 3.74. The van der Waals surface area contributed by atoms with Crippen molar-refractivity contribution in [1.82, 2.24) is 4.90 Å². The Morgan fingerprint density at radius 1 is 1.14 bits per heavy atom. The van der Waals surface area contributed by atoms with E-state index in [0.29, 0.717) is 5.92 Å². The van der Waals surface area contributed by atoms with Crippen molar-refractivity contribution in [2.24, 2.45) is 0 Å². The second kappa shape index (κ2) is 6.72. The second-order valence-electron chi connectivity index (χ2n) is 7.08. The van der Waals surface area contributed by atoms with Gasteiger partial charge in [-0.3, -0.25) is 0 Å². The summed E-state index contributed by atoms with van der Waals surface area (Å²) in [5, 5.41) is 0. The van der Waals surface area contributed by atoms with E-state index in [-0.39, 0.29) is 24.3 Å². The third-order valence-corrected chi connectivity index (χ3v) is 4.55. The number of aryl methyl sites for hydroxylation is 1. The molecule has 3 heteroatoms. The van der Waals surface area contributed by atoms with Gasteiger partial charge in [0.25, 0.3) is 0 Å². The van der Waals surface area contributed by atoms with Crippen LogP contribution >= 0.6 is 0 Å². The molecule has 1 aromatic rings. The molecular formula is C19H29NO2. The summed E-state index contributed by atoms with van der Waals surface area (Å²) in [7, 11) is 0. The van der Waals surface area contributed by atoms with Crippen molar-refractivity contribution in [2.75, 3.05) is 0 Å². The normalized spacial score (nSPS) is 20.9. The molecule has 0 saturated carbocycles. The predicted molar refractivity (Wildman–Crippen MR) is 90.2 cm³/mol. The Morgan fingerprint density at radius 2 is 1.77 bits per heavy atom. The smallest absolute Gasteiger partial charge is 0.410 e. The van der Waals surface area contributed by atoms with Gasteiger partial charge in [0, 0.05) is 12.1 Å². The van der Waals surface area contributed by atoms with Gasteiger partial charge in [0.15, 0.2) is 0 Å². The molecular weight excluding hydrogens is 274 g/mol. The van der Waals surface area contributed by atoms with Crippen LogP contribution in [0.1, 0.15) is 76.2 Å². The highest BCUT2D eigenvalue weighted by molar-refractivity contribution is 5.69. The number of fused-ring (bicyclic) bond motifs is 1. The Kier molecular flexibility index (Phi) is 5.15. The van der Waals surface area contributed by atoms with E-state index in [1.807, 2.05) is 32.6 Å². The van der Waals surface area contributed by atoms with Crippen LogP contribution in [0.5, 0.6) is 0 Å². The highest BCUT2D eigenvalue weighted by Gasteiger charge is 2.30. The first-order valence-electron chi connectivity index (χ1n) is 8.40. The maximum absolute atomic E-state index is 12.6. The van der Waals surface area contributed by atoms with Crippen molar-refractivity contribution in [3.63, 3.8) is 0 Å². The summed E-state index contributed by atoms with van der Waals surface area (Å²) < 4.78 is 5.89. The van der Waals surface area contributed by atoms with Crippen LogP contribution in [0.15, 0.2) is 18.2 Å². The first-order chi connectivity index (χ1) is 10.3. The number of hydrogen-bond acceptors (Lipinski definition) is 2. The van der Waals surface area contributed by atoms with Crippen molar-refractivity contribution in [3.05, 3.63) is 34.9 Å². The molecule has 0 N–H and O–H groups in total. The first-order valence-corrected chi connectivity index (χ1v) is 8.40. The maximum atomic E-state index is 12.6. The molecule has 0 spiro atoms. The quantitative estimate of drug-likeness (QED) is 0.769. The van der Waals surface area contributed by atoms with Crippen molar-refractivity contribution in [2.45, 2.75) is 78.5 Å². The monoisotopic (exact) mass is 303 g/mol. The summed E-state index contributed by atoms with van der Waals surface area (Å²) in [6, 6.07) is 6.81. The van der Waals surface area contributed by atoms with Gasteiger partial charge in [-0.2, -0.15) is 0 Å². The Balaban J connectivity index is 2.22. The standard InChI is InChI=1S/C19H29NO2/c1-12(2)20(13(3)4)19(21)22-18-10-8-15(6)16-9-7-14(5)11-17(16)18/h7,9,11-13,15,18H,8,10H2,1-6H3/t15-,18+/m0/s1. The molecule has 0 radical (unpaired) electrons. The highest BCUT2D eigenvalue weighted by Crippen LogP contribution is 2.40. The average Bonchev–Trinajstić information content (AvgIpc) is 2.41. The van der Waals surface area contributed by atoms with Gasteiger partial charge in [-0.05, 0) is 64.5 Å². The third kappa shape index (κ3) is 3.45. The van der Waals surface area contributed by atoms with Gasteiger partial charge in [0.2, 0.25) is 0 Å².